The van der Waals surface area contributed by atoms with Crippen molar-refractivity contribution < 1.29 is 14.3 Å². The zero-order valence-corrected chi connectivity index (χ0v) is 15.6. The van der Waals surface area contributed by atoms with E-state index in [1.165, 1.54) is 0 Å². The molecule has 1 amide bonds. The number of hydrogen-bond acceptors (Lipinski definition) is 3. The Labute approximate surface area is 150 Å². The van der Waals surface area contributed by atoms with Gasteiger partial charge in [0, 0.05) is 0 Å². The SMILES string of the molecule is CCC(Oc1cccc(C)c1C)C(=O)NC(C)c1ccc(OC)cc1. The predicted octanol–water partition coefficient (Wildman–Crippen LogP) is 4.35. The maximum atomic E-state index is 12.6. The van der Waals surface area contributed by atoms with Gasteiger partial charge in [0.05, 0.1) is 13.2 Å². The number of aryl methyl sites for hydroxylation is 1. The van der Waals surface area contributed by atoms with Crippen molar-refractivity contribution in [3.8, 4) is 11.5 Å². The molecule has 0 saturated heterocycles. The minimum absolute atomic E-state index is 0.102. The smallest absolute Gasteiger partial charge is 0.261 e. The Morgan fingerprint density at radius 1 is 1.12 bits per heavy atom. The first kappa shape index (κ1) is 18.8. The Bertz CT molecular complexity index is 710. The van der Waals surface area contributed by atoms with Crippen molar-refractivity contribution in [3.05, 3.63) is 59.2 Å². The highest BCUT2D eigenvalue weighted by atomic mass is 16.5. The fourth-order valence-corrected chi connectivity index (χ4v) is 2.61. The molecular formula is C21H27NO3. The molecule has 0 spiro atoms. The summed E-state index contributed by atoms with van der Waals surface area (Å²) in [4.78, 5) is 12.6. The molecule has 2 atom stereocenters. The Hall–Kier alpha value is -2.49. The van der Waals surface area contributed by atoms with Crippen LogP contribution in [0.3, 0.4) is 0 Å². The van der Waals surface area contributed by atoms with Gasteiger partial charge in [0.1, 0.15) is 11.5 Å². The quantitative estimate of drug-likeness (QED) is 0.814. The van der Waals surface area contributed by atoms with Crippen molar-refractivity contribution >= 4 is 5.91 Å². The van der Waals surface area contributed by atoms with Gasteiger partial charge in [0.15, 0.2) is 6.10 Å². The Kier molecular flexibility index (Phi) is 6.45. The molecule has 4 heteroatoms. The van der Waals surface area contributed by atoms with Gasteiger partial charge in [-0.3, -0.25) is 4.79 Å². The van der Waals surface area contributed by atoms with E-state index in [9.17, 15) is 4.79 Å². The van der Waals surface area contributed by atoms with Gasteiger partial charge in [-0.05, 0) is 62.1 Å². The average molecular weight is 341 g/mol. The van der Waals surface area contributed by atoms with Crippen molar-refractivity contribution in [1.29, 1.82) is 0 Å². The largest absolute Gasteiger partial charge is 0.497 e. The summed E-state index contributed by atoms with van der Waals surface area (Å²) in [7, 11) is 1.64. The second kappa shape index (κ2) is 8.56. The van der Waals surface area contributed by atoms with Gasteiger partial charge < -0.3 is 14.8 Å². The summed E-state index contributed by atoms with van der Waals surface area (Å²) in [5.74, 6) is 1.46. The highest BCUT2D eigenvalue weighted by Gasteiger charge is 2.21. The van der Waals surface area contributed by atoms with Gasteiger partial charge in [-0.2, -0.15) is 0 Å². The summed E-state index contributed by atoms with van der Waals surface area (Å²) in [6, 6.07) is 13.5. The van der Waals surface area contributed by atoms with E-state index in [0.717, 1.165) is 28.2 Å². The molecule has 25 heavy (non-hydrogen) atoms. The van der Waals surface area contributed by atoms with Crippen LogP contribution >= 0.6 is 0 Å². The maximum Gasteiger partial charge on any atom is 0.261 e. The minimum atomic E-state index is -0.513. The van der Waals surface area contributed by atoms with Crippen molar-refractivity contribution in [3.63, 3.8) is 0 Å². The third kappa shape index (κ3) is 4.75. The lowest BCUT2D eigenvalue weighted by atomic mass is 10.1. The van der Waals surface area contributed by atoms with Crippen LogP contribution in [-0.4, -0.2) is 19.1 Å². The molecule has 0 heterocycles. The van der Waals surface area contributed by atoms with Crippen LogP contribution in [-0.2, 0) is 4.79 Å². The van der Waals surface area contributed by atoms with Crippen LogP contribution in [0.4, 0.5) is 0 Å². The van der Waals surface area contributed by atoms with E-state index in [1.54, 1.807) is 7.11 Å². The van der Waals surface area contributed by atoms with Gasteiger partial charge in [0.25, 0.3) is 5.91 Å². The number of carbonyl (C=O) groups is 1. The number of ether oxygens (including phenoxy) is 2. The van der Waals surface area contributed by atoms with Gasteiger partial charge in [0.2, 0.25) is 0 Å². The van der Waals surface area contributed by atoms with E-state index in [0.29, 0.717) is 6.42 Å². The molecule has 0 aliphatic carbocycles. The first-order valence-electron chi connectivity index (χ1n) is 8.63. The van der Waals surface area contributed by atoms with Crippen LogP contribution in [0.5, 0.6) is 11.5 Å². The molecule has 0 aromatic heterocycles. The molecule has 0 saturated carbocycles. The average Bonchev–Trinajstić information content (AvgIpc) is 2.62. The molecule has 2 unspecified atom stereocenters. The molecule has 0 aliphatic heterocycles. The normalized spacial score (nSPS) is 13.0. The molecule has 1 N–H and O–H groups in total. The summed E-state index contributed by atoms with van der Waals surface area (Å²) in [6.07, 6.45) is 0.0929. The predicted molar refractivity (Wildman–Crippen MR) is 100 cm³/mol. The number of hydrogen-bond donors (Lipinski definition) is 1. The summed E-state index contributed by atoms with van der Waals surface area (Å²) in [5.41, 5.74) is 3.24. The van der Waals surface area contributed by atoms with E-state index in [2.05, 4.69) is 5.32 Å². The highest BCUT2D eigenvalue weighted by molar-refractivity contribution is 5.81. The number of carbonyl (C=O) groups excluding carboxylic acids is 1. The third-order valence-electron chi connectivity index (χ3n) is 4.46. The zero-order chi connectivity index (χ0) is 18.4. The number of nitrogens with one attached hydrogen (secondary N) is 1. The molecule has 2 aromatic rings. The van der Waals surface area contributed by atoms with Crippen LogP contribution in [0.1, 0.15) is 43.0 Å². The third-order valence-corrected chi connectivity index (χ3v) is 4.46. The van der Waals surface area contributed by atoms with Crippen molar-refractivity contribution in [2.75, 3.05) is 7.11 Å². The molecule has 2 aromatic carbocycles. The Balaban J connectivity index is 2.04. The van der Waals surface area contributed by atoms with E-state index in [4.69, 9.17) is 9.47 Å². The number of rotatable bonds is 7. The molecule has 0 radical (unpaired) electrons. The zero-order valence-electron chi connectivity index (χ0n) is 15.6. The van der Waals surface area contributed by atoms with E-state index < -0.39 is 6.10 Å². The molecule has 4 nitrogen and oxygen atoms in total. The second-order valence-electron chi connectivity index (χ2n) is 6.22. The molecule has 0 bridgehead atoms. The monoisotopic (exact) mass is 341 g/mol. The van der Waals surface area contributed by atoms with Crippen LogP contribution in [0.15, 0.2) is 42.5 Å². The summed E-state index contributed by atoms with van der Waals surface area (Å²) in [5, 5.41) is 3.03. The summed E-state index contributed by atoms with van der Waals surface area (Å²) < 4.78 is 11.1. The van der Waals surface area contributed by atoms with Gasteiger partial charge in [-0.1, -0.05) is 31.2 Å². The van der Waals surface area contributed by atoms with Crippen LogP contribution in [0.25, 0.3) is 0 Å². The van der Waals surface area contributed by atoms with Crippen LogP contribution in [0.2, 0.25) is 0 Å². The van der Waals surface area contributed by atoms with E-state index >= 15 is 0 Å². The summed E-state index contributed by atoms with van der Waals surface area (Å²) in [6.45, 7) is 7.96. The lowest BCUT2D eigenvalue weighted by molar-refractivity contribution is -0.128. The van der Waals surface area contributed by atoms with Gasteiger partial charge >= 0.3 is 0 Å². The number of amides is 1. The second-order valence-corrected chi connectivity index (χ2v) is 6.22. The lowest BCUT2D eigenvalue weighted by Crippen LogP contribution is -2.39. The molecule has 0 aliphatic rings. The first-order chi connectivity index (χ1) is 12.0. The first-order valence-corrected chi connectivity index (χ1v) is 8.63. The van der Waals surface area contributed by atoms with Gasteiger partial charge in [-0.25, -0.2) is 0 Å². The maximum absolute atomic E-state index is 12.6. The van der Waals surface area contributed by atoms with E-state index in [1.807, 2.05) is 70.2 Å². The lowest BCUT2D eigenvalue weighted by Gasteiger charge is -2.22. The number of benzene rings is 2. The molecule has 0 fully saturated rings. The standard InChI is InChI=1S/C21H27NO3/c1-6-19(25-20-9-7-8-14(2)15(20)3)21(23)22-16(4)17-10-12-18(24-5)13-11-17/h7-13,16,19H,6H2,1-5H3,(H,22,23). The summed E-state index contributed by atoms with van der Waals surface area (Å²) >= 11 is 0. The van der Waals surface area contributed by atoms with Crippen LogP contribution in [0, 0.1) is 13.8 Å². The fourth-order valence-electron chi connectivity index (χ4n) is 2.61. The van der Waals surface area contributed by atoms with Crippen LogP contribution < -0.4 is 14.8 Å². The molecule has 2 rings (SSSR count). The minimum Gasteiger partial charge on any atom is -0.497 e. The Morgan fingerprint density at radius 2 is 1.80 bits per heavy atom. The van der Waals surface area contributed by atoms with E-state index in [-0.39, 0.29) is 11.9 Å². The van der Waals surface area contributed by atoms with Crippen molar-refractivity contribution in [2.45, 2.75) is 46.3 Å². The van der Waals surface area contributed by atoms with Gasteiger partial charge in [-0.15, -0.1) is 0 Å². The highest BCUT2D eigenvalue weighted by Crippen LogP contribution is 2.23. The van der Waals surface area contributed by atoms with Crippen molar-refractivity contribution in [1.82, 2.24) is 5.32 Å². The topological polar surface area (TPSA) is 47.6 Å². The number of methoxy groups -OCH3 is 1. The van der Waals surface area contributed by atoms with Crippen molar-refractivity contribution in [2.24, 2.45) is 0 Å². The molecule has 134 valence electrons. The Morgan fingerprint density at radius 3 is 2.40 bits per heavy atom. The molecular weight excluding hydrogens is 314 g/mol. The fraction of sp³-hybridized carbons (Fsp3) is 0.381.